The maximum absolute atomic E-state index is 13.2. The second-order valence-corrected chi connectivity index (χ2v) is 6.44. The van der Waals surface area contributed by atoms with Crippen LogP contribution in [0.4, 0.5) is 8.78 Å². The van der Waals surface area contributed by atoms with Gasteiger partial charge in [0.15, 0.2) is 11.6 Å². The van der Waals surface area contributed by atoms with Crippen LogP contribution in [0.3, 0.4) is 0 Å². The summed E-state index contributed by atoms with van der Waals surface area (Å²) in [5.74, 6) is -2.35. The zero-order valence-electron chi connectivity index (χ0n) is 14.4. The Kier molecular flexibility index (Phi) is 4.84. The number of aromatic nitrogens is 1. The topological polar surface area (TPSA) is 62.0 Å². The molecular weight excluding hydrogens is 338 g/mol. The van der Waals surface area contributed by atoms with Crippen molar-refractivity contribution in [3.63, 3.8) is 0 Å². The van der Waals surface area contributed by atoms with Crippen LogP contribution in [0, 0.1) is 11.6 Å². The van der Waals surface area contributed by atoms with Crippen LogP contribution in [-0.2, 0) is 6.54 Å². The van der Waals surface area contributed by atoms with Crippen LogP contribution in [-0.4, -0.2) is 10.9 Å². The summed E-state index contributed by atoms with van der Waals surface area (Å²) in [5.41, 5.74) is 1.93. The molecule has 2 N–H and O–H groups in total. The highest BCUT2D eigenvalue weighted by molar-refractivity contribution is 5.94. The molecule has 1 amide bonds. The molecule has 0 unspecified atom stereocenters. The van der Waals surface area contributed by atoms with Crippen molar-refractivity contribution in [3.05, 3.63) is 81.1 Å². The number of nitrogens with one attached hydrogen (secondary N) is 2. The predicted molar refractivity (Wildman–Crippen MR) is 96.2 cm³/mol. The third kappa shape index (κ3) is 3.64. The largest absolute Gasteiger partial charge is 0.348 e. The molecule has 1 aromatic heterocycles. The average Bonchev–Trinajstić information content (AvgIpc) is 2.61. The quantitative estimate of drug-likeness (QED) is 0.746. The highest BCUT2D eigenvalue weighted by Gasteiger charge is 2.11. The first-order valence-corrected chi connectivity index (χ1v) is 8.24. The molecule has 0 saturated carbocycles. The number of aromatic amines is 1. The molecule has 1 heterocycles. The lowest BCUT2D eigenvalue weighted by Crippen LogP contribution is -2.26. The second kappa shape index (κ2) is 7.07. The van der Waals surface area contributed by atoms with Crippen LogP contribution in [0.2, 0.25) is 0 Å². The van der Waals surface area contributed by atoms with E-state index >= 15 is 0 Å². The second-order valence-electron chi connectivity index (χ2n) is 6.44. The van der Waals surface area contributed by atoms with Gasteiger partial charge in [0.25, 0.3) is 11.5 Å². The van der Waals surface area contributed by atoms with Crippen molar-refractivity contribution < 1.29 is 13.6 Å². The van der Waals surface area contributed by atoms with E-state index in [9.17, 15) is 18.4 Å². The van der Waals surface area contributed by atoms with Crippen molar-refractivity contribution in [1.29, 1.82) is 0 Å². The number of pyridine rings is 1. The van der Waals surface area contributed by atoms with Gasteiger partial charge in [-0.05, 0) is 53.3 Å². The van der Waals surface area contributed by atoms with Crippen molar-refractivity contribution in [2.45, 2.75) is 26.3 Å². The summed E-state index contributed by atoms with van der Waals surface area (Å²) in [5, 5.41) is 3.43. The fourth-order valence-electron chi connectivity index (χ4n) is 2.68. The molecule has 3 aromatic rings. The van der Waals surface area contributed by atoms with Gasteiger partial charge in [-0.1, -0.05) is 19.9 Å². The molecule has 0 fully saturated rings. The van der Waals surface area contributed by atoms with E-state index in [4.69, 9.17) is 0 Å². The third-order valence-electron chi connectivity index (χ3n) is 4.23. The number of fused-ring (bicyclic) bond motifs is 1. The number of amides is 1. The van der Waals surface area contributed by atoms with Crippen LogP contribution in [0.15, 0.2) is 47.3 Å². The Balaban J connectivity index is 1.83. The number of hydrogen-bond donors (Lipinski definition) is 2. The molecule has 0 aliphatic carbocycles. The standard InChI is InChI=1S/C20H18F2N2O2/c1-11(2)12-4-6-18-14(7-12)8-15(20(26)24-18)10-23-19(25)13-3-5-16(21)17(22)9-13/h3-9,11H,10H2,1-2H3,(H,23,25)(H,24,26). The highest BCUT2D eigenvalue weighted by Crippen LogP contribution is 2.20. The number of benzene rings is 2. The summed E-state index contributed by atoms with van der Waals surface area (Å²) in [6.07, 6.45) is 0. The van der Waals surface area contributed by atoms with E-state index in [1.54, 1.807) is 6.07 Å². The SMILES string of the molecule is CC(C)c1ccc2[nH]c(=O)c(CNC(=O)c3ccc(F)c(F)c3)cc2c1. The van der Waals surface area contributed by atoms with Crippen LogP contribution in [0.5, 0.6) is 0 Å². The third-order valence-corrected chi connectivity index (χ3v) is 4.23. The van der Waals surface area contributed by atoms with Crippen LogP contribution in [0.25, 0.3) is 10.9 Å². The molecule has 0 radical (unpaired) electrons. The summed E-state index contributed by atoms with van der Waals surface area (Å²) < 4.78 is 26.2. The number of H-pyrrole nitrogens is 1. The molecule has 4 nitrogen and oxygen atoms in total. The molecule has 0 aliphatic rings. The Morgan fingerprint density at radius 3 is 2.54 bits per heavy atom. The molecule has 0 aliphatic heterocycles. The van der Waals surface area contributed by atoms with Gasteiger partial charge in [0.05, 0.1) is 0 Å². The van der Waals surface area contributed by atoms with Crippen LogP contribution in [0.1, 0.15) is 41.3 Å². The first-order chi connectivity index (χ1) is 12.3. The van der Waals surface area contributed by atoms with E-state index in [2.05, 4.69) is 24.1 Å². The van der Waals surface area contributed by atoms with Gasteiger partial charge in [0, 0.05) is 23.2 Å². The lowest BCUT2D eigenvalue weighted by molar-refractivity contribution is 0.0950. The minimum Gasteiger partial charge on any atom is -0.348 e. The molecule has 134 valence electrons. The van der Waals surface area contributed by atoms with E-state index in [0.29, 0.717) is 11.5 Å². The fraction of sp³-hybridized carbons (Fsp3) is 0.200. The first kappa shape index (κ1) is 17.8. The summed E-state index contributed by atoms with van der Waals surface area (Å²) in [6.45, 7) is 4.14. The molecule has 0 bridgehead atoms. The summed E-state index contributed by atoms with van der Waals surface area (Å²) in [6, 6.07) is 10.4. The van der Waals surface area contributed by atoms with Gasteiger partial charge in [0.2, 0.25) is 0 Å². The van der Waals surface area contributed by atoms with Crippen LogP contribution < -0.4 is 10.9 Å². The van der Waals surface area contributed by atoms with Gasteiger partial charge in [0.1, 0.15) is 0 Å². The molecule has 26 heavy (non-hydrogen) atoms. The summed E-state index contributed by atoms with van der Waals surface area (Å²) >= 11 is 0. The molecule has 3 rings (SSSR count). The minimum atomic E-state index is -1.09. The van der Waals surface area contributed by atoms with E-state index in [0.717, 1.165) is 28.6 Å². The number of rotatable bonds is 4. The molecule has 6 heteroatoms. The summed E-state index contributed by atoms with van der Waals surface area (Å²) in [7, 11) is 0. The van der Waals surface area contributed by atoms with Crippen molar-refractivity contribution in [3.8, 4) is 0 Å². The lowest BCUT2D eigenvalue weighted by Gasteiger charge is -2.09. The average molecular weight is 356 g/mol. The first-order valence-electron chi connectivity index (χ1n) is 8.24. The van der Waals surface area contributed by atoms with Gasteiger partial charge in [-0.15, -0.1) is 0 Å². The molecular formula is C20H18F2N2O2. The monoisotopic (exact) mass is 356 g/mol. The van der Waals surface area contributed by atoms with E-state index in [1.165, 1.54) is 6.07 Å². The Morgan fingerprint density at radius 1 is 1.08 bits per heavy atom. The minimum absolute atomic E-state index is 0.0109. The number of carbonyl (C=O) groups is 1. The Hall–Kier alpha value is -3.02. The fourth-order valence-corrected chi connectivity index (χ4v) is 2.68. The maximum Gasteiger partial charge on any atom is 0.253 e. The lowest BCUT2D eigenvalue weighted by atomic mass is 10.0. The van der Waals surface area contributed by atoms with Gasteiger partial charge < -0.3 is 10.3 Å². The Morgan fingerprint density at radius 2 is 1.85 bits per heavy atom. The van der Waals surface area contributed by atoms with E-state index in [1.807, 2.05) is 18.2 Å². The zero-order chi connectivity index (χ0) is 18.8. The van der Waals surface area contributed by atoms with Crippen LogP contribution >= 0.6 is 0 Å². The molecule has 2 aromatic carbocycles. The van der Waals surface area contributed by atoms with Crippen molar-refractivity contribution in [2.75, 3.05) is 0 Å². The van der Waals surface area contributed by atoms with Gasteiger partial charge >= 0.3 is 0 Å². The predicted octanol–water partition coefficient (Wildman–Crippen LogP) is 3.86. The van der Waals surface area contributed by atoms with Gasteiger partial charge in [-0.25, -0.2) is 8.78 Å². The van der Waals surface area contributed by atoms with E-state index in [-0.39, 0.29) is 17.7 Å². The van der Waals surface area contributed by atoms with Crippen molar-refractivity contribution in [2.24, 2.45) is 0 Å². The maximum atomic E-state index is 13.2. The van der Waals surface area contributed by atoms with Crippen molar-refractivity contribution in [1.82, 2.24) is 10.3 Å². The van der Waals surface area contributed by atoms with Gasteiger partial charge in [-0.2, -0.15) is 0 Å². The Bertz CT molecular complexity index is 1040. The Labute approximate surface area is 148 Å². The highest BCUT2D eigenvalue weighted by atomic mass is 19.2. The zero-order valence-corrected chi connectivity index (χ0v) is 14.4. The number of halogens is 2. The van der Waals surface area contributed by atoms with Crippen molar-refractivity contribution >= 4 is 16.8 Å². The van der Waals surface area contributed by atoms with Gasteiger partial charge in [-0.3, -0.25) is 9.59 Å². The molecule has 0 spiro atoms. The van der Waals surface area contributed by atoms with E-state index < -0.39 is 17.5 Å². The molecule has 0 saturated heterocycles. The number of hydrogen-bond acceptors (Lipinski definition) is 2. The summed E-state index contributed by atoms with van der Waals surface area (Å²) in [4.78, 5) is 27.1. The normalized spacial score (nSPS) is 11.1. The molecule has 0 atom stereocenters. The smallest absolute Gasteiger partial charge is 0.253 e. The number of carbonyl (C=O) groups excluding carboxylic acids is 1.